The fraction of sp³-hybridized carbons (Fsp3) is 0.350. The zero-order valence-electron chi connectivity index (χ0n) is 16.5. The maximum atomic E-state index is 12.8. The third-order valence-corrected chi connectivity index (χ3v) is 6.21. The number of piperidine rings is 1. The lowest BCUT2D eigenvalue weighted by molar-refractivity contribution is 0.311. The van der Waals surface area contributed by atoms with Crippen LogP contribution in [0.5, 0.6) is 11.5 Å². The minimum Gasteiger partial charge on any atom is -0.492 e. The van der Waals surface area contributed by atoms with Crippen molar-refractivity contribution in [3.05, 3.63) is 47.5 Å². The van der Waals surface area contributed by atoms with E-state index in [9.17, 15) is 8.42 Å². The number of anilines is 1. The molecule has 0 radical (unpaired) electrons. The molecule has 156 valence electrons. The maximum absolute atomic E-state index is 12.8. The van der Waals surface area contributed by atoms with Crippen molar-refractivity contribution in [2.75, 3.05) is 25.9 Å². The van der Waals surface area contributed by atoms with Gasteiger partial charge in [0.1, 0.15) is 11.2 Å². The molecule has 0 aliphatic carbocycles. The van der Waals surface area contributed by atoms with Crippen molar-refractivity contribution in [2.24, 2.45) is 10.9 Å². The van der Waals surface area contributed by atoms with Gasteiger partial charge in [0.2, 0.25) is 0 Å². The third-order valence-electron chi connectivity index (χ3n) is 4.98. The molecule has 0 aromatic heterocycles. The van der Waals surface area contributed by atoms with Gasteiger partial charge in [0.25, 0.3) is 0 Å². The fourth-order valence-corrected chi connectivity index (χ4v) is 4.59. The van der Waals surface area contributed by atoms with Crippen LogP contribution in [0.2, 0.25) is 0 Å². The number of methoxy groups -OCH3 is 1. The summed E-state index contributed by atoms with van der Waals surface area (Å²) in [5.41, 5.74) is 7.90. The average Bonchev–Trinajstić information content (AvgIpc) is 2.68. The predicted molar refractivity (Wildman–Crippen MR) is 113 cm³/mol. The topological polar surface area (TPSA) is 120 Å². The highest BCUT2D eigenvalue weighted by atomic mass is 32.2. The van der Waals surface area contributed by atoms with Crippen molar-refractivity contribution >= 4 is 22.1 Å². The summed E-state index contributed by atoms with van der Waals surface area (Å²) < 4.78 is 36.6. The van der Waals surface area contributed by atoms with Gasteiger partial charge in [0.05, 0.1) is 7.11 Å². The number of aryl methyl sites for hydroxylation is 1. The second kappa shape index (κ2) is 8.60. The fourth-order valence-electron chi connectivity index (χ4n) is 3.61. The van der Waals surface area contributed by atoms with Crippen molar-refractivity contribution in [1.29, 1.82) is 0 Å². The first kappa shape index (κ1) is 20.8. The van der Waals surface area contributed by atoms with Crippen molar-refractivity contribution in [3.63, 3.8) is 0 Å². The molecule has 0 amide bonds. The summed E-state index contributed by atoms with van der Waals surface area (Å²) >= 11 is 0. The Hall–Kier alpha value is -2.94. The lowest BCUT2D eigenvalue weighted by Gasteiger charge is -2.31. The molecule has 0 unspecified atom stereocenters. The van der Waals surface area contributed by atoms with Gasteiger partial charge in [-0.15, -0.1) is 0 Å². The molecule has 0 spiro atoms. The largest absolute Gasteiger partial charge is 0.492 e. The van der Waals surface area contributed by atoms with Gasteiger partial charge in [-0.25, -0.2) is 0 Å². The minimum atomic E-state index is -4.05. The molecule has 0 atom stereocenters. The molecule has 2 aromatic carbocycles. The summed E-state index contributed by atoms with van der Waals surface area (Å²) in [6.07, 6.45) is 3.37. The van der Waals surface area contributed by atoms with E-state index in [4.69, 9.17) is 20.5 Å². The summed E-state index contributed by atoms with van der Waals surface area (Å²) in [6, 6.07) is 9.70. The molecule has 1 aliphatic heterocycles. The van der Waals surface area contributed by atoms with Gasteiger partial charge in [0, 0.05) is 24.3 Å². The molecule has 0 saturated carbocycles. The Labute approximate surface area is 171 Å². The standard InChI is InChI=1S/C20H26N4O4S/c1-14-10-18(15-6-8-24(9-7-15)13-23-22)20(27-2)19(11-14)28-29(25,26)17-5-3-4-16(21)12-17/h3-5,10-13,15H,6-9,21-22H2,1-2H3. The summed E-state index contributed by atoms with van der Waals surface area (Å²) in [7, 11) is -2.53. The maximum Gasteiger partial charge on any atom is 0.339 e. The molecular formula is C20H26N4O4S. The number of likely N-dealkylation sites (tertiary alicyclic amines) is 1. The van der Waals surface area contributed by atoms with E-state index in [2.05, 4.69) is 10.0 Å². The van der Waals surface area contributed by atoms with Crippen LogP contribution < -0.4 is 20.5 Å². The van der Waals surface area contributed by atoms with E-state index in [1.807, 2.05) is 13.0 Å². The van der Waals surface area contributed by atoms with Crippen molar-refractivity contribution in [3.8, 4) is 11.5 Å². The number of hydrogen-bond donors (Lipinski definition) is 2. The molecule has 29 heavy (non-hydrogen) atoms. The van der Waals surface area contributed by atoms with Gasteiger partial charge in [-0.3, -0.25) is 0 Å². The van der Waals surface area contributed by atoms with Crippen LogP contribution in [0.25, 0.3) is 0 Å². The van der Waals surface area contributed by atoms with E-state index >= 15 is 0 Å². The zero-order chi connectivity index (χ0) is 21.0. The van der Waals surface area contributed by atoms with Gasteiger partial charge in [-0.1, -0.05) is 12.1 Å². The van der Waals surface area contributed by atoms with Crippen LogP contribution >= 0.6 is 0 Å². The highest BCUT2D eigenvalue weighted by Gasteiger charge is 2.27. The number of rotatable bonds is 6. The van der Waals surface area contributed by atoms with E-state index in [0.29, 0.717) is 11.4 Å². The molecule has 3 rings (SSSR count). The van der Waals surface area contributed by atoms with Crippen LogP contribution in [0.15, 0.2) is 46.4 Å². The van der Waals surface area contributed by atoms with Crippen LogP contribution in [0, 0.1) is 6.92 Å². The van der Waals surface area contributed by atoms with E-state index in [0.717, 1.165) is 37.1 Å². The quantitative estimate of drug-likeness (QED) is 0.185. The van der Waals surface area contributed by atoms with E-state index < -0.39 is 10.1 Å². The second-order valence-electron chi connectivity index (χ2n) is 7.07. The monoisotopic (exact) mass is 418 g/mol. The Morgan fingerprint density at radius 2 is 1.93 bits per heavy atom. The Balaban J connectivity index is 1.92. The van der Waals surface area contributed by atoms with Crippen LogP contribution in [0.3, 0.4) is 0 Å². The van der Waals surface area contributed by atoms with E-state index in [-0.39, 0.29) is 16.6 Å². The number of benzene rings is 2. The molecule has 1 aliphatic rings. The number of ether oxygens (including phenoxy) is 1. The van der Waals surface area contributed by atoms with Crippen molar-refractivity contribution in [1.82, 2.24) is 4.90 Å². The molecule has 2 aromatic rings. The normalized spacial score (nSPS) is 15.6. The van der Waals surface area contributed by atoms with Crippen LogP contribution in [-0.2, 0) is 10.1 Å². The summed E-state index contributed by atoms with van der Waals surface area (Å²) in [5, 5.41) is 3.57. The number of hydrogen-bond acceptors (Lipinski definition) is 7. The van der Waals surface area contributed by atoms with E-state index in [1.54, 1.807) is 24.5 Å². The molecule has 9 heteroatoms. The number of nitrogens with two attached hydrogens (primary N) is 2. The molecule has 4 N–H and O–H groups in total. The molecule has 1 saturated heterocycles. The van der Waals surface area contributed by atoms with Crippen LogP contribution in [0.1, 0.15) is 29.9 Å². The first-order chi connectivity index (χ1) is 13.8. The van der Waals surface area contributed by atoms with Crippen LogP contribution in [0.4, 0.5) is 5.69 Å². The van der Waals surface area contributed by atoms with Gasteiger partial charge >= 0.3 is 10.1 Å². The minimum absolute atomic E-state index is 0.00279. The average molecular weight is 419 g/mol. The lowest BCUT2D eigenvalue weighted by atomic mass is 9.88. The molecule has 1 heterocycles. The smallest absolute Gasteiger partial charge is 0.339 e. The Kier molecular flexibility index (Phi) is 6.17. The Morgan fingerprint density at radius 1 is 1.21 bits per heavy atom. The summed E-state index contributed by atoms with van der Waals surface area (Å²) in [6.45, 7) is 3.51. The van der Waals surface area contributed by atoms with Gasteiger partial charge < -0.3 is 25.4 Å². The van der Waals surface area contributed by atoms with Crippen molar-refractivity contribution in [2.45, 2.75) is 30.6 Å². The first-order valence-electron chi connectivity index (χ1n) is 9.30. The summed E-state index contributed by atoms with van der Waals surface area (Å²) in [4.78, 5) is 2.05. The number of nitrogens with zero attached hydrogens (tertiary/aromatic N) is 2. The van der Waals surface area contributed by atoms with Gasteiger partial charge in [-0.2, -0.15) is 13.5 Å². The number of nitrogen functional groups attached to an aromatic ring is 1. The molecule has 0 bridgehead atoms. The lowest BCUT2D eigenvalue weighted by Crippen LogP contribution is -2.32. The Morgan fingerprint density at radius 3 is 2.55 bits per heavy atom. The highest BCUT2D eigenvalue weighted by molar-refractivity contribution is 7.87. The van der Waals surface area contributed by atoms with Crippen LogP contribution in [-0.4, -0.2) is 39.9 Å². The molecule has 8 nitrogen and oxygen atoms in total. The summed E-state index contributed by atoms with van der Waals surface area (Å²) in [5.74, 6) is 6.06. The second-order valence-corrected chi connectivity index (χ2v) is 8.62. The Bertz CT molecular complexity index is 1000. The first-order valence-corrected chi connectivity index (χ1v) is 10.7. The molecule has 1 fully saturated rings. The van der Waals surface area contributed by atoms with E-state index in [1.165, 1.54) is 19.2 Å². The predicted octanol–water partition coefficient (Wildman–Crippen LogP) is 2.43. The number of hydrazone groups is 1. The highest BCUT2D eigenvalue weighted by Crippen LogP contribution is 2.41. The SMILES string of the molecule is COc1c(OS(=O)(=O)c2cccc(N)c2)cc(C)cc1C1CCN(C=NN)CC1. The third kappa shape index (κ3) is 4.73. The van der Waals surface area contributed by atoms with Crippen molar-refractivity contribution < 1.29 is 17.3 Å². The molecular weight excluding hydrogens is 392 g/mol. The zero-order valence-corrected chi connectivity index (χ0v) is 17.4. The van der Waals surface area contributed by atoms with Gasteiger partial charge in [-0.05, 0) is 55.5 Å². The van der Waals surface area contributed by atoms with Gasteiger partial charge in [0.15, 0.2) is 11.5 Å².